The number of carboxylic acid groups (broad SMARTS) is 1. The molecule has 2 atom stereocenters. The number of aliphatic carboxylic acids is 1. The Labute approximate surface area is 198 Å². The second-order valence-electron chi connectivity index (χ2n) is 9.27. The molecule has 0 fully saturated rings. The third kappa shape index (κ3) is 15.1. The number of hydrogen-bond donors (Lipinski definition) is 2. The number of ether oxygens (including phenoxy) is 1. The summed E-state index contributed by atoms with van der Waals surface area (Å²) in [5, 5.41) is 9.00. The number of hydrogen-bond acceptors (Lipinski definition) is 6. The average Bonchev–Trinajstić information content (AvgIpc) is 2.64. The molecule has 0 aromatic heterocycles. The fraction of sp³-hybridized carbons (Fsp3) is 0.696. The second-order valence-corrected chi connectivity index (χ2v) is 10.7. The van der Waals surface area contributed by atoms with Crippen LogP contribution < -0.4 is 4.74 Å². The average molecular weight is 492 g/mol. The van der Waals surface area contributed by atoms with Crippen LogP contribution in [0.2, 0.25) is 0 Å². The van der Waals surface area contributed by atoms with E-state index in [9.17, 15) is 14.3 Å². The lowest BCUT2D eigenvalue weighted by Crippen LogP contribution is -2.42. The lowest BCUT2D eigenvalue weighted by Gasteiger charge is -2.29. The number of rotatable bonds is 17. The molecule has 1 rings (SSSR count). The summed E-state index contributed by atoms with van der Waals surface area (Å²) in [4.78, 5) is 20.9. The molecule has 9 nitrogen and oxygen atoms in total. The monoisotopic (exact) mass is 491 g/mol. The van der Waals surface area contributed by atoms with Crippen LogP contribution >= 0.6 is 7.82 Å². The van der Waals surface area contributed by atoms with Crippen LogP contribution in [0, 0.1) is 13.8 Å². The summed E-state index contributed by atoms with van der Waals surface area (Å²) in [6.07, 6.45) is 4.41. The standard InChI is InChI=1S/C23H40NO7P.H2O/c1-19-13-12-14-22(20(19)2)29-15-10-8-6-7-9-11-16-30-32(27,28)31-21(17-23(25)26)18-24(3,4)5;/h12-14,21H,6-11,15-18H2,1-5H3,(H-,25,26,27,28);1H2/t21-;/m1./s1. The number of phosphoric ester groups is 1. The Morgan fingerprint density at radius 2 is 1.61 bits per heavy atom. The highest BCUT2D eigenvalue weighted by Gasteiger charge is 2.31. The molecule has 0 aliphatic rings. The van der Waals surface area contributed by atoms with E-state index in [4.69, 9.17) is 18.9 Å². The van der Waals surface area contributed by atoms with Gasteiger partial charge in [0.1, 0.15) is 18.4 Å². The Morgan fingerprint density at radius 1 is 1.03 bits per heavy atom. The molecule has 0 saturated heterocycles. The number of benzene rings is 1. The van der Waals surface area contributed by atoms with Crippen molar-refractivity contribution in [2.45, 2.75) is 64.9 Å². The van der Waals surface area contributed by atoms with Gasteiger partial charge in [0.05, 0.1) is 40.8 Å². The topological polar surface area (TPSA) is 132 Å². The highest BCUT2D eigenvalue weighted by atomic mass is 31.2. The summed E-state index contributed by atoms with van der Waals surface area (Å²) in [6, 6.07) is 6.08. The van der Waals surface area contributed by atoms with Gasteiger partial charge in [0, 0.05) is 0 Å². The van der Waals surface area contributed by atoms with Gasteiger partial charge < -0.3 is 24.7 Å². The van der Waals surface area contributed by atoms with Crippen molar-refractivity contribution in [3.63, 3.8) is 0 Å². The molecule has 0 saturated carbocycles. The van der Waals surface area contributed by atoms with Gasteiger partial charge in [-0.05, 0) is 43.9 Å². The van der Waals surface area contributed by atoms with Crippen LogP contribution in [-0.4, -0.2) is 72.9 Å². The van der Waals surface area contributed by atoms with Crippen LogP contribution in [0.3, 0.4) is 0 Å². The summed E-state index contributed by atoms with van der Waals surface area (Å²) >= 11 is 0. The largest absolute Gasteiger partial charge is 0.870 e. The molecular formula is C23H42NO8P. The van der Waals surface area contributed by atoms with Gasteiger partial charge in [-0.2, -0.15) is 0 Å². The SMILES string of the molecule is Cc1cccc(OCCCCCCCCOP(=O)(O)O[C@H](CC(=O)O)C[N+](C)(C)C)c1C.[OH-]. The highest BCUT2D eigenvalue weighted by molar-refractivity contribution is 7.47. The van der Waals surface area contributed by atoms with Crippen molar-refractivity contribution in [1.29, 1.82) is 0 Å². The molecule has 0 amide bonds. The van der Waals surface area contributed by atoms with Crippen molar-refractivity contribution in [1.82, 2.24) is 0 Å². The van der Waals surface area contributed by atoms with Crippen LogP contribution in [0.4, 0.5) is 0 Å². The van der Waals surface area contributed by atoms with Crippen LogP contribution in [0.5, 0.6) is 5.75 Å². The lowest BCUT2D eigenvalue weighted by molar-refractivity contribution is -0.873. The van der Waals surface area contributed by atoms with E-state index in [1.165, 1.54) is 11.1 Å². The van der Waals surface area contributed by atoms with Gasteiger partial charge in [-0.1, -0.05) is 37.8 Å². The van der Waals surface area contributed by atoms with Gasteiger partial charge in [0.2, 0.25) is 0 Å². The predicted octanol–water partition coefficient (Wildman–Crippen LogP) is 4.53. The van der Waals surface area contributed by atoms with Crippen LogP contribution in [0.15, 0.2) is 18.2 Å². The number of carbonyl (C=O) groups is 1. The maximum absolute atomic E-state index is 12.2. The summed E-state index contributed by atoms with van der Waals surface area (Å²) in [7, 11) is 1.29. The zero-order valence-electron chi connectivity index (χ0n) is 20.7. The molecule has 10 heteroatoms. The molecule has 0 bridgehead atoms. The lowest BCUT2D eigenvalue weighted by atomic mass is 10.1. The summed E-state index contributed by atoms with van der Waals surface area (Å²) in [6.45, 7) is 5.23. The van der Waals surface area contributed by atoms with Gasteiger partial charge >= 0.3 is 13.8 Å². The van der Waals surface area contributed by atoms with Gasteiger partial charge in [-0.25, -0.2) is 4.57 Å². The third-order valence-electron chi connectivity index (χ3n) is 5.04. The number of carboxylic acids is 1. The Bertz CT molecular complexity index is 750. The van der Waals surface area contributed by atoms with Crippen LogP contribution in [-0.2, 0) is 18.4 Å². The number of aryl methyl sites for hydroxylation is 1. The Kier molecular flexibility index (Phi) is 14.7. The molecule has 3 N–H and O–H groups in total. The Hall–Kier alpha value is -1.48. The first-order valence-corrected chi connectivity index (χ1v) is 12.8. The van der Waals surface area contributed by atoms with Crippen molar-refractivity contribution >= 4 is 13.8 Å². The number of nitrogens with zero attached hydrogens (tertiary/aromatic N) is 1. The van der Waals surface area contributed by atoms with E-state index in [0.717, 1.165) is 37.9 Å². The van der Waals surface area contributed by atoms with E-state index >= 15 is 0 Å². The smallest absolute Gasteiger partial charge is 0.472 e. The number of quaternary nitrogens is 1. The molecule has 1 aromatic rings. The maximum Gasteiger partial charge on any atom is 0.472 e. The first kappa shape index (κ1) is 31.5. The quantitative estimate of drug-likeness (QED) is 0.185. The molecule has 0 radical (unpaired) electrons. The molecule has 33 heavy (non-hydrogen) atoms. The van der Waals surface area contributed by atoms with Crippen LogP contribution in [0.1, 0.15) is 56.1 Å². The molecule has 0 heterocycles. The van der Waals surface area contributed by atoms with Gasteiger partial charge in [-0.3, -0.25) is 13.8 Å². The van der Waals surface area contributed by atoms with Gasteiger partial charge in [0.15, 0.2) is 0 Å². The molecule has 192 valence electrons. The molecular weight excluding hydrogens is 449 g/mol. The second kappa shape index (κ2) is 15.4. The molecule has 0 aliphatic heterocycles. The van der Waals surface area contributed by atoms with Crippen LogP contribution in [0.25, 0.3) is 0 Å². The van der Waals surface area contributed by atoms with Crippen molar-refractivity contribution < 1.29 is 43.1 Å². The fourth-order valence-electron chi connectivity index (χ4n) is 3.31. The van der Waals surface area contributed by atoms with E-state index in [1.54, 1.807) is 0 Å². The highest BCUT2D eigenvalue weighted by Crippen LogP contribution is 2.45. The maximum atomic E-state index is 12.2. The summed E-state index contributed by atoms with van der Waals surface area (Å²) in [5.41, 5.74) is 2.41. The number of unbranched alkanes of at least 4 members (excludes halogenated alkanes) is 5. The number of phosphoric acid groups is 1. The van der Waals surface area contributed by atoms with Crippen molar-refractivity contribution in [2.75, 3.05) is 40.9 Å². The molecule has 0 spiro atoms. The first-order valence-electron chi connectivity index (χ1n) is 11.3. The number of likely N-dealkylation sites (N-methyl/N-ethyl adjacent to an activating group) is 1. The van der Waals surface area contributed by atoms with Crippen molar-refractivity contribution in [2.24, 2.45) is 0 Å². The molecule has 1 unspecified atom stereocenters. The minimum absolute atomic E-state index is 0. The normalized spacial score (nSPS) is 14.2. The zero-order valence-corrected chi connectivity index (χ0v) is 21.6. The zero-order chi connectivity index (χ0) is 24.2. The van der Waals surface area contributed by atoms with Gasteiger partial charge in [0.25, 0.3) is 0 Å². The van der Waals surface area contributed by atoms with E-state index < -0.39 is 19.9 Å². The molecule has 1 aromatic carbocycles. The fourth-order valence-corrected chi connectivity index (χ4v) is 4.25. The third-order valence-corrected chi connectivity index (χ3v) is 6.11. The van der Waals surface area contributed by atoms with E-state index in [1.807, 2.05) is 33.3 Å². The Balaban J connectivity index is 0.0000102. The van der Waals surface area contributed by atoms with Gasteiger partial charge in [-0.15, -0.1) is 0 Å². The minimum atomic E-state index is -4.29. The minimum Gasteiger partial charge on any atom is -0.870 e. The summed E-state index contributed by atoms with van der Waals surface area (Å²) < 4.78 is 28.6. The van der Waals surface area contributed by atoms with E-state index in [2.05, 4.69) is 19.9 Å². The van der Waals surface area contributed by atoms with E-state index in [0.29, 0.717) is 17.5 Å². The summed E-state index contributed by atoms with van der Waals surface area (Å²) in [5.74, 6) is -0.132. The molecule has 0 aliphatic carbocycles. The first-order chi connectivity index (χ1) is 14.9. The van der Waals surface area contributed by atoms with Crippen molar-refractivity contribution in [3.05, 3.63) is 29.3 Å². The van der Waals surface area contributed by atoms with E-state index in [-0.39, 0.29) is 25.0 Å². The van der Waals surface area contributed by atoms with Crippen molar-refractivity contribution in [3.8, 4) is 5.75 Å². The Morgan fingerprint density at radius 3 is 2.18 bits per heavy atom. The predicted molar refractivity (Wildman–Crippen MR) is 127 cm³/mol.